The Bertz CT molecular complexity index is 1080. The molecule has 1 aromatic heterocycles. The lowest BCUT2D eigenvalue weighted by atomic mass is 10.1. The first-order valence-electron chi connectivity index (χ1n) is 8.44. The van der Waals surface area contributed by atoms with Crippen molar-refractivity contribution in [3.63, 3.8) is 0 Å². The Balaban J connectivity index is 1.72. The van der Waals surface area contributed by atoms with Gasteiger partial charge in [0.25, 0.3) is 5.56 Å². The largest absolute Gasteiger partial charge is 0.497 e. The van der Waals surface area contributed by atoms with Crippen LogP contribution >= 0.6 is 0 Å². The van der Waals surface area contributed by atoms with E-state index in [1.807, 2.05) is 0 Å². The van der Waals surface area contributed by atoms with Gasteiger partial charge in [0.05, 0.1) is 24.7 Å². The summed E-state index contributed by atoms with van der Waals surface area (Å²) < 4.78 is 44.4. The molecule has 2 aromatic carbocycles. The number of carbonyl (C=O) groups excluding carboxylic acids is 1. The third-order valence-electron chi connectivity index (χ3n) is 4.05. The maximum atomic E-state index is 12.8. The molecule has 3 aromatic rings. The molecule has 0 aliphatic heterocycles. The van der Waals surface area contributed by atoms with Gasteiger partial charge < -0.3 is 10.1 Å². The second-order valence-corrected chi connectivity index (χ2v) is 6.10. The lowest BCUT2D eigenvalue weighted by Gasteiger charge is -2.11. The molecule has 0 aliphatic carbocycles. The monoisotopic (exact) mass is 403 g/mol. The summed E-state index contributed by atoms with van der Waals surface area (Å²) in [6.45, 7) is -0.384. The number of hydrogen-bond donors (Lipinski definition) is 1. The van der Waals surface area contributed by atoms with Crippen LogP contribution < -0.4 is 15.6 Å². The first kappa shape index (κ1) is 20.1. The average Bonchev–Trinajstić information content (AvgIpc) is 2.69. The SMILES string of the molecule is COc1ccc(-c2cc(=O)n(CC(=O)Nc3cccc(C(F)(F)F)c3)cn2)cc1. The maximum Gasteiger partial charge on any atom is 0.416 e. The van der Waals surface area contributed by atoms with Gasteiger partial charge in [0.15, 0.2) is 0 Å². The van der Waals surface area contributed by atoms with Crippen LogP contribution in [0.4, 0.5) is 18.9 Å². The first-order chi connectivity index (χ1) is 13.8. The van der Waals surface area contributed by atoms with Gasteiger partial charge in [-0.3, -0.25) is 14.2 Å². The summed E-state index contributed by atoms with van der Waals surface area (Å²) in [6.07, 6.45) is -3.30. The van der Waals surface area contributed by atoms with Crippen molar-refractivity contribution in [1.29, 1.82) is 0 Å². The third-order valence-corrected chi connectivity index (χ3v) is 4.05. The minimum Gasteiger partial charge on any atom is -0.497 e. The van der Waals surface area contributed by atoms with E-state index in [1.165, 1.54) is 24.5 Å². The Morgan fingerprint density at radius 1 is 1.14 bits per heavy atom. The number of alkyl halides is 3. The van der Waals surface area contributed by atoms with E-state index in [2.05, 4.69) is 10.3 Å². The molecule has 1 amide bonds. The van der Waals surface area contributed by atoms with Gasteiger partial charge in [0.2, 0.25) is 5.91 Å². The molecular weight excluding hydrogens is 387 g/mol. The Morgan fingerprint density at radius 2 is 1.86 bits per heavy atom. The van der Waals surface area contributed by atoms with E-state index in [9.17, 15) is 22.8 Å². The van der Waals surface area contributed by atoms with Gasteiger partial charge in [-0.05, 0) is 42.5 Å². The van der Waals surface area contributed by atoms with Gasteiger partial charge in [-0.1, -0.05) is 6.07 Å². The lowest BCUT2D eigenvalue weighted by molar-refractivity contribution is -0.137. The van der Waals surface area contributed by atoms with Gasteiger partial charge in [-0.25, -0.2) is 4.98 Å². The zero-order valence-electron chi connectivity index (χ0n) is 15.2. The smallest absolute Gasteiger partial charge is 0.416 e. The minimum atomic E-state index is -4.51. The summed E-state index contributed by atoms with van der Waals surface area (Å²) in [7, 11) is 1.54. The molecular formula is C20H16F3N3O3. The Hall–Kier alpha value is -3.62. The predicted molar refractivity (Wildman–Crippen MR) is 101 cm³/mol. The number of ether oxygens (including phenoxy) is 1. The number of halogens is 3. The number of hydrogen-bond acceptors (Lipinski definition) is 4. The fourth-order valence-corrected chi connectivity index (χ4v) is 2.59. The highest BCUT2D eigenvalue weighted by molar-refractivity contribution is 5.90. The Kier molecular flexibility index (Phi) is 5.67. The molecule has 150 valence electrons. The molecule has 0 unspecified atom stereocenters. The fraction of sp³-hybridized carbons (Fsp3) is 0.150. The molecule has 0 fully saturated rings. The second kappa shape index (κ2) is 8.17. The van der Waals surface area contributed by atoms with Crippen molar-refractivity contribution in [2.75, 3.05) is 12.4 Å². The molecule has 9 heteroatoms. The van der Waals surface area contributed by atoms with Crippen LogP contribution in [0.25, 0.3) is 11.3 Å². The molecule has 29 heavy (non-hydrogen) atoms. The summed E-state index contributed by atoms with van der Waals surface area (Å²) >= 11 is 0. The minimum absolute atomic E-state index is 0.0133. The number of amides is 1. The highest BCUT2D eigenvalue weighted by Crippen LogP contribution is 2.30. The van der Waals surface area contributed by atoms with Crippen LogP contribution in [0.1, 0.15) is 5.56 Å². The summed E-state index contributed by atoms with van der Waals surface area (Å²) in [6, 6.07) is 12.5. The highest BCUT2D eigenvalue weighted by atomic mass is 19.4. The predicted octanol–water partition coefficient (Wildman–Crippen LogP) is 3.58. The number of nitrogens with one attached hydrogen (secondary N) is 1. The van der Waals surface area contributed by atoms with Gasteiger partial charge in [0, 0.05) is 17.3 Å². The van der Waals surface area contributed by atoms with Crippen molar-refractivity contribution in [1.82, 2.24) is 9.55 Å². The Labute approximate surface area is 163 Å². The average molecular weight is 403 g/mol. The van der Waals surface area contributed by atoms with Crippen molar-refractivity contribution in [3.8, 4) is 17.0 Å². The third kappa shape index (κ3) is 5.01. The van der Waals surface area contributed by atoms with Gasteiger partial charge in [0.1, 0.15) is 12.3 Å². The van der Waals surface area contributed by atoms with Crippen LogP contribution in [0.3, 0.4) is 0 Å². The number of aromatic nitrogens is 2. The van der Waals surface area contributed by atoms with Crippen LogP contribution in [-0.2, 0) is 17.5 Å². The van der Waals surface area contributed by atoms with Crippen LogP contribution in [-0.4, -0.2) is 22.6 Å². The van der Waals surface area contributed by atoms with Crippen molar-refractivity contribution in [2.24, 2.45) is 0 Å². The second-order valence-electron chi connectivity index (χ2n) is 6.10. The van der Waals surface area contributed by atoms with E-state index < -0.39 is 23.2 Å². The summed E-state index contributed by atoms with van der Waals surface area (Å²) in [5, 5.41) is 2.35. The molecule has 0 saturated heterocycles. The molecule has 1 heterocycles. The molecule has 0 saturated carbocycles. The molecule has 0 atom stereocenters. The summed E-state index contributed by atoms with van der Waals surface area (Å²) in [5.41, 5.74) is -0.237. The zero-order valence-corrected chi connectivity index (χ0v) is 15.2. The van der Waals surface area contributed by atoms with Crippen LogP contribution in [0, 0.1) is 0 Å². The van der Waals surface area contributed by atoms with Crippen molar-refractivity contribution < 1.29 is 22.7 Å². The van der Waals surface area contributed by atoms with E-state index in [-0.39, 0.29) is 12.2 Å². The fourth-order valence-electron chi connectivity index (χ4n) is 2.59. The maximum absolute atomic E-state index is 12.8. The van der Waals surface area contributed by atoms with Crippen molar-refractivity contribution in [3.05, 3.63) is 76.8 Å². The topological polar surface area (TPSA) is 73.2 Å². The summed E-state index contributed by atoms with van der Waals surface area (Å²) in [4.78, 5) is 28.6. The number of nitrogens with zero attached hydrogens (tertiary/aromatic N) is 2. The highest BCUT2D eigenvalue weighted by Gasteiger charge is 2.30. The van der Waals surface area contributed by atoms with Crippen molar-refractivity contribution >= 4 is 11.6 Å². The summed E-state index contributed by atoms with van der Waals surface area (Å²) in [5.74, 6) is 0.0128. The van der Waals surface area contributed by atoms with Crippen LogP contribution in [0.5, 0.6) is 5.75 Å². The molecule has 3 rings (SSSR count). The zero-order chi connectivity index (χ0) is 21.0. The molecule has 0 bridgehead atoms. The molecule has 1 N–H and O–H groups in total. The van der Waals surface area contributed by atoms with E-state index >= 15 is 0 Å². The van der Waals surface area contributed by atoms with Crippen LogP contribution in [0.2, 0.25) is 0 Å². The standard InChI is InChI=1S/C20H16F3N3O3/c1-29-16-7-5-13(6-8-16)17-10-19(28)26(12-24-17)11-18(27)25-15-4-2-3-14(9-15)20(21,22)23/h2-10,12H,11H2,1H3,(H,25,27). The molecule has 0 spiro atoms. The van der Waals surface area contributed by atoms with E-state index in [0.717, 1.165) is 16.7 Å². The van der Waals surface area contributed by atoms with E-state index in [1.54, 1.807) is 31.4 Å². The lowest BCUT2D eigenvalue weighted by Crippen LogP contribution is -2.27. The number of carbonyl (C=O) groups is 1. The van der Waals surface area contributed by atoms with Crippen LogP contribution in [0.15, 0.2) is 65.7 Å². The van der Waals surface area contributed by atoms with E-state index in [4.69, 9.17) is 4.74 Å². The van der Waals surface area contributed by atoms with Crippen molar-refractivity contribution in [2.45, 2.75) is 12.7 Å². The number of methoxy groups -OCH3 is 1. The molecule has 0 radical (unpaired) electrons. The quantitative estimate of drug-likeness (QED) is 0.707. The van der Waals surface area contributed by atoms with Gasteiger partial charge >= 0.3 is 6.18 Å². The molecule has 0 aliphatic rings. The Morgan fingerprint density at radius 3 is 2.48 bits per heavy atom. The first-order valence-corrected chi connectivity index (χ1v) is 8.44. The number of rotatable bonds is 5. The van der Waals surface area contributed by atoms with Gasteiger partial charge in [-0.15, -0.1) is 0 Å². The van der Waals surface area contributed by atoms with Gasteiger partial charge in [-0.2, -0.15) is 13.2 Å². The molecule has 6 nitrogen and oxygen atoms in total. The number of benzene rings is 2. The number of anilines is 1. The van der Waals surface area contributed by atoms with E-state index in [0.29, 0.717) is 17.0 Å². The normalized spacial score (nSPS) is 11.2.